The number of hydrogen-bond acceptors (Lipinski definition) is 5. The van der Waals surface area contributed by atoms with Crippen molar-refractivity contribution in [2.45, 2.75) is 46.0 Å². The zero-order valence-corrected chi connectivity index (χ0v) is 19.1. The summed E-state index contributed by atoms with van der Waals surface area (Å²) in [5.41, 5.74) is 1.54. The molecule has 2 N–H and O–H groups in total. The van der Waals surface area contributed by atoms with Gasteiger partial charge in [0.15, 0.2) is 5.13 Å². The van der Waals surface area contributed by atoms with Crippen molar-refractivity contribution in [3.05, 3.63) is 23.8 Å². The second-order valence-corrected chi connectivity index (χ2v) is 11.2. The number of nitrogens with zero attached hydrogens (tertiary/aromatic N) is 2. The van der Waals surface area contributed by atoms with E-state index in [2.05, 4.69) is 24.1 Å². The average molecular weight is 442 g/mol. The molecule has 3 aliphatic carbocycles. The fourth-order valence-corrected chi connectivity index (χ4v) is 7.17. The van der Waals surface area contributed by atoms with Gasteiger partial charge in [-0.3, -0.25) is 4.79 Å². The Kier molecular flexibility index (Phi) is 5.19. The summed E-state index contributed by atoms with van der Waals surface area (Å²) in [4.78, 5) is 31.1. The topological polar surface area (TPSA) is 82.5 Å². The summed E-state index contributed by atoms with van der Waals surface area (Å²) in [7, 11) is 0. The molecule has 0 radical (unpaired) electrons. The van der Waals surface area contributed by atoms with Crippen LogP contribution in [0.5, 0.6) is 0 Å². The summed E-state index contributed by atoms with van der Waals surface area (Å²) < 4.78 is 0.875. The molecule has 2 bridgehead atoms. The number of hydrogen-bond donors (Lipinski definition) is 2. The molecule has 6 nitrogen and oxygen atoms in total. The molecule has 3 saturated carbocycles. The molecule has 4 aliphatic rings. The summed E-state index contributed by atoms with van der Waals surface area (Å²) in [6.45, 7) is 7.18. The minimum Gasteiger partial charge on any atom is -0.478 e. The lowest BCUT2D eigenvalue weighted by molar-refractivity contribution is -0.128. The van der Waals surface area contributed by atoms with Gasteiger partial charge in [0.05, 0.1) is 21.7 Å². The molecule has 4 fully saturated rings. The lowest BCUT2D eigenvalue weighted by atomic mass is 9.45. The number of fused-ring (bicyclic) bond motifs is 3. The largest absolute Gasteiger partial charge is 0.478 e. The fraction of sp³-hybridized carbons (Fsp3) is 0.625. The Morgan fingerprint density at radius 1 is 1.29 bits per heavy atom. The maximum atomic E-state index is 13.0. The summed E-state index contributed by atoms with van der Waals surface area (Å²) in [5, 5.41) is 13.4. The highest BCUT2D eigenvalue weighted by molar-refractivity contribution is 7.22. The van der Waals surface area contributed by atoms with Crippen molar-refractivity contribution in [2.24, 2.45) is 29.1 Å². The third-order valence-corrected chi connectivity index (χ3v) is 9.31. The van der Waals surface area contributed by atoms with Crippen LogP contribution in [0.15, 0.2) is 18.2 Å². The Bertz CT molecular complexity index is 1010. The summed E-state index contributed by atoms with van der Waals surface area (Å²) in [6, 6.07) is 5.05. The first kappa shape index (κ1) is 20.7. The van der Waals surface area contributed by atoms with Crippen LogP contribution in [0, 0.1) is 29.1 Å². The number of carbonyl (C=O) groups excluding carboxylic acids is 1. The normalized spacial score (nSPS) is 29.4. The Morgan fingerprint density at radius 3 is 2.87 bits per heavy atom. The molecule has 1 aliphatic heterocycles. The molecule has 2 heterocycles. The molecule has 1 aromatic heterocycles. The lowest BCUT2D eigenvalue weighted by Crippen LogP contribution is -2.55. The van der Waals surface area contributed by atoms with Crippen molar-refractivity contribution in [2.75, 3.05) is 24.5 Å². The highest BCUT2D eigenvalue weighted by Gasteiger charge is 2.54. The summed E-state index contributed by atoms with van der Waals surface area (Å²) in [5.74, 6) is 1.51. The second-order valence-electron chi connectivity index (χ2n) is 10.2. The molecule has 1 aromatic carbocycles. The van der Waals surface area contributed by atoms with Crippen LogP contribution in [0.4, 0.5) is 5.13 Å². The van der Waals surface area contributed by atoms with Gasteiger partial charge in [-0.2, -0.15) is 0 Å². The molecular formula is C24H31N3O3S. The standard InChI is InChI=1S/C24H31N3O3S/c1-24(2)17-7-5-15(18(24)11-17)12-25-21(28)16-4-3-9-27(13-16)23-26-19-8-6-14(22(29)30)10-20(19)31-23/h6,8,10,15-18H,3-5,7,9,11-13H2,1-2H3,(H,25,28)(H,29,30)/t15-,16+,17-,18-/m0/s1. The van der Waals surface area contributed by atoms with Gasteiger partial charge in [0, 0.05) is 19.6 Å². The van der Waals surface area contributed by atoms with E-state index in [1.54, 1.807) is 18.2 Å². The van der Waals surface area contributed by atoms with Gasteiger partial charge in [-0.25, -0.2) is 9.78 Å². The molecule has 166 valence electrons. The number of carboxylic acid groups (broad SMARTS) is 1. The molecule has 0 unspecified atom stereocenters. The Morgan fingerprint density at radius 2 is 2.13 bits per heavy atom. The number of carboxylic acids is 1. The quantitative estimate of drug-likeness (QED) is 0.719. The highest BCUT2D eigenvalue weighted by Crippen LogP contribution is 2.61. The van der Waals surface area contributed by atoms with E-state index in [1.165, 1.54) is 30.6 Å². The van der Waals surface area contributed by atoms with Gasteiger partial charge in [-0.1, -0.05) is 25.2 Å². The van der Waals surface area contributed by atoms with Crippen molar-refractivity contribution in [1.82, 2.24) is 10.3 Å². The Labute approximate surface area is 187 Å². The molecule has 31 heavy (non-hydrogen) atoms. The Hall–Kier alpha value is -2.15. The number of aromatic carboxylic acids is 1. The molecule has 4 atom stereocenters. The third kappa shape index (κ3) is 3.71. The van der Waals surface area contributed by atoms with Crippen LogP contribution >= 0.6 is 11.3 Å². The molecule has 1 saturated heterocycles. The van der Waals surface area contributed by atoms with Crippen LogP contribution in [0.25, 0.3) is 10.2 Å². The average Bonchev–Trinajstić information content (AvgIpc) is 3.21. The zero-order chi connectivity index (χ0) is 21.8. The fourth-order valence-electron chi connectivity index (χ4n) is 6.13. The maximum absolute atomic E-state index is 13.0. The van der Waals surface area contributed by atoms with Gasteiger partial charge < -0.3 is 15.3 Å². The van der Waals surface area contributed by atoms with E-state index >= 15 is 0 Å². The number of carbonyl (C=O) groups is 2. The van der Waals surface area contributed by atoms with Crippen LogP contribution in [0.1, 0.15) is 56.3 Å². The van der Waals surface area contributed by atoms with Crippen LogP contribution in [-0.4, -0.2) is 41.6 Å². The van der Waals surface area contributed by atoms with Crippen molar-refractivity contribution in [3.63, 3.8) is 0 Å². The molecule has 1 amide bonds. The first-order valence-electron chi connectivity index (χ1n) is 11.5. The Balaban J connectivity index is 1.21. The number of amides is 1. The van der Waals surface area contributed by atoms with E-state index in [0.717, 1.165) is 53.1 Å². The highest BCUT2D eigenvalue weighted by atomic mass is 32.1. The van der Waals surface area contributed by atoms with E-state index in [9.17, 15) is 14.7 Å². The summed E-state index contributed by atoms with van der Waals surface area (Å²) in [6.07, 6.45) is 5.78. The monoisotopic (exact) mass is 441 g/mol. The minimum atomic E-state index is -0.926. The molecular weight excluding hydrogens is 410 g/mol. The number of piperidine rings is 1. The number of aromatic nitrogens is 1. The van der Waals surface area contributed by atoms with E-state index in [4.69, 9.17) is 4.98 Å². The van der Waals surface area contributed by atoms with Gasteiger partial charge in [-0.05, 0) is 73.5 Å². The van der Waals surface area contributed by atoms with E-state index in [1.807, 2.05) is 0 Å². The number of benzene rings is 1. The van der Waals surface area contributed by atoms with Crippen molar-refractivity contribution in [1.29, 1.82) is 0 Å². The molecule has 2 aromatic rings. The minimum absolute atomic E-state index is 0.0129. The van der Waals surface area contributed by atoms with Gasteiger partial charge in [0.1, 0.15) is 0 Å². The van der Waals surface area contributed by atoms with E-state index < -0.39 is 5.97 Å². The van der Waals surface area contributed by atoms with Gasteiger partial charge in [-0.15, -0.1) is 0 Å². The predicted molar refractivity (Wildman–Crippen MR) is 123 cm³/mol. The van der Waals surface area contributed by atoms with E-state index in [-0.39, 0.29) is 17.4 Å². The lowest BCUT2D eigenvalue weighted by Gasteiger charge is -2.60. The number of thiazole rings is 1. The number of rotatable bonds is 5. The number of nitrogens with one attached hydrogen (secondary N) is 1. The van der Waals surface area contributed by atoms with E-state index in [0.29, 0.717) is 17.9 Å². The van der Waals surface area contributed by atoms with Crippen molar-refractivity contribution < 1.29 is 14.7 Å². The van der Waals surface area contributed by atoms with Gasteiger partial charge >= 0.3 is 5.97 Å². The third-order valence-electron chi connectivity index (χ3n) is 8.23. The maximum Gasteiger partial charge on any atom is 0.335 e. The van der Waals surface area contributed by atoms with Crippen molar-refractivity contribution >= 4 is 38.6 Å². The summed E-state index contributed by atoms with van der Waals surface area (Å²) >= 11 is 1.51. The molecule has 0 spiro atoms. The predicted octanol–water partition coefficient (Wildman–Crippen LogP) is 4.40. The molecule has 6 rings (SSSR count). The van der Waals surface area contributed by atoms with Crippen LogP contribution in [0.2, 0.25) is 0 Å². The first-order valence-corrected chi connectivity index (χ1v) is 12.3. The zero-order valence-electron chi connectivity index (χ0n) is 18.3. The number of anilines is 1. The van der Waals surface area contributed by atoms with Gasteiger partial charge in [0.2, 0.25) is 5.91 Å². The second kappa shape index (κ2) is 7.76. The van der Waals surface area contributed by atoms with Crippen molar-refractivity contribution in [3.8, 4) is 0 Å². The van der Waals surface area contributed by atoms with Crippen LogP contribution in [-0.2, 0) is 4.79 Å². The SMILES string of the molecule is CC1(C)[C@H]2CC[C@@H](CNC(=O)[C@@H]3CCCN(c4nc5ccc(C(=O)O)cc5s4)C3)[C@@H]1C2. The first-order chi connectivity index (χ1) is 14.8. The molecule has 7 heteroatoms. The van der Waals surface area contributed by atoms with Crippen LogP contribution in [0.3, 0.4) is 0 Å². The van der Waals surface area contributed by atoms with Crippen LogP contribution < -0.4 is 10.2 Å². The van der Waals surface area contributed by atoms with Gasteiger partial charge in [0.25, 0.3) is 0 Å². The smallest absolute Gasteiger partial charge is 0.335 e.